The van der Waals surface area contributed by atoms with Crippen LogP contribution in [0.2, 0.25) is 0 Å². The standard InChI is InChI=1S/C27H26N2O3S/c1-18-6-4-7-20(14-18)17-28-24-11-10-19(2)15-23(24)27(26(28)31)29(12-13-33-27)25(30)21-8-5-9-22(16-21)32-3/h4-11,14-16H,12-13,17H2,1-3H3. The maximum Gasteiger partial charge on any atom is 0.268 e. The third-order valence-electron chi connectivity index (χ3n) is 6.33. The Morgan fingerprint density at radius 1 is 1.03 bits per heavy atom. The van der Waals surface area contributed by atoms with Gasteiger partial charge in [0.2, 0.25) is 0 Å². The van der Waals surface area contributed by atoms with Crippen LogP contribution in [-0.2, 0) is 16.2 Å². The van der Waals surface area contributed by atoms with E-state index in [0.29, 0.717) is 30.2 Å². The van der Waals surface area contributed by atoms with Gasteiger partial charge >= 0.3 is 0 Å². The fraction of sp³-hybridized carbons (Fsp3) is 0.259. The minimum Gasteiger partial charge on any atom is -0.497 e. The Hall–Kier alpha value is -3.25. The number of methoxy groups -OCH3 is 1. The summed E-state index contributed by atoms with van der Waals surface area (Å²) in [6.45, 7) is 5.06. The summed E-state index contributed by atoms with van der Waals surface area (Å²) in [6, 6.07) is 21.5. The molecule has 1 unspecified atom stereocenters. The third kappa shape index (κ3) is 3.49. The first-order valence-corrected chi connectivity index (χ1v) is 12.0. The summed E-state index contributed by atoms with van der Waals surface area (Å²) < 4.78 is 5.32. The van der Waals surface area contributed by atoms with Crippen molar-refractivity contribution in [3.8, 4) is 5.75 Å². The lowest BCUT2D eigenvalue weighted by Gasteiger charge is -2.33. The van der Waals surface area contributed by atoms with Crippen molar-refractivity contribution in [2.75, 3.05) is 24.3 Å². The zero-order chi connectivity index (χ0) is 23.2. The SMILES string of the molecule is COc1cccc(C(=O)N2CCSC23C(=O)N(Cc2cccc(C)c2)c2ccc(C)cc23)c1. The van der Waals surface area contributed by atoms with Gasteiger partial charge in [-0.15, -0.1) is 11.8 Å². The molecule has 168 valence electrons. The summed E-state index contributed by atoms with van der Waals surface area (Å²) >= 11 is 1.55. The Labute approximate surface area is 198 Å². The van der Waals surface area contributed by atoms with Gasteiger partial charge in [-0.25, -0.2) is 0 Å². The molecule has 2 aliphatic rings. The molecule has 0 N–H and O–H groups in total. The van der Waals surface area contributed by atoms with E-state index in [1.807, 2.05) is 42.2 Å². The second-order valence-electron chi connectivity index (χ2n) is 8.58. The van der Waals surface area contributed by atoms with Crippen molar-refractivity contribution in [3.05, 3.63) is 94.5 Å². The lowest BCUT2D eigenvalue weighted by Crippen LogP contribution is -2.50. The van der Waals surface area contributed by atoms with Crippen LogP contribution in [0, 0.1) is 13.8 Å². The number of hydrogen-bond acceptors (Lipinski definition) is 4. The number of hydrogen-bond donors (Lipinski definition) is 0. The number of carbonyl (C=O) groups excluding carboxylic acids is 2. The van der Waals surface area contributed by atoms with E-state index in [4.69, 9.17) is 4.74 Å². The summed E-state index contributed by atoms with van der Waals surface area (Å²) in [6.07, 6.45) is 0. The van der Waals surface area contributed by atoms with Crippen molar-refractivity contribution >= 4 is 29.3 Å². The Balaban J connectivity index is 1.59. The second-order valence-corrected chi connectivity index (χ2v) is 9.87. The molecule has 3 aromatic carbocycles. The van der Waals surface area contributed by atoms with E-state index >= 15 is 0 Å². The van der Waals surface area contributed by atoms with E-state index in [1.165, 1.54) is 0 Å². The Morgan fingerprint density at radius 2 is 1.82 bits per heavy atom. The van der Waals surface area contributed by atoms with Crippen molar-refractivity contribution in [3.63, 3.8) is 0 Å². The topological polar surface area (TPSA) is 49.9 Å². The smallest absolute Gasteiger partial charge is 0.268 e. The van der Waals surface area contributed by atoms with E-state index in [0.717, 1.165) is 27.9 Å². The van der Waals surface area contributed by atoms with Crippen LogP contribution in [0.25, 0.3) is 0 Å². The molecule has 1 atom stereocenters. The molecular formula is C27H26N2O3S. The van der Waals surface area contributed by atoms with Crippen LogP contribution in [0.3, 0.4) is 0 Å². The van der Waals surface area contributed by atoms with Crippen LogP contribution in [0.5, 0.6) is 5.75 Å². The molecule has 5 rings (SSSR count). The highest BCUT2D eigenvalue weighted by molar-refractivity contribution is 8.01. The van der Waals surface area contributed by atoms with Crippen LogP contribution in [0.15, 0.2) is 66.7 Å². The van der Waals surface area contributed by atoms with Gasteiger partial charge in [0.1, 0.15) is 5.75 Å². The highest BCUT2D eigenvalue weighted by Crippen LogP contribution is 2.55. The number of ether oxygens (including phenoxy) is 1. The molecule has 5 nitrogen and oxygen atoms in total. The van der Waals surface area contributed by atoms with Gasteiger partial charge in [-0.2, -0.15) is 0 Å². The molecule has 2 amide bonds. The number of anilines is 1. The molecule has 0 aromatic heterocycles. The number of carbonyl (C=O) groups is 2. The van der Waals surface area contributed by atoms with Crippen molar-refractivity contribution in [1.29, 1.82) is 0 Å². The molecule has 2 aliphatic heterocycles. The summed E-state index contributed by atoms with van der Waals surface area (Å²) in [5.74, 6) is 1.12. The lowest BCUT2D eigenvalue weighted by atomic mass is 10.0. The van der Waals surface area contributed by atoms with Crippen LogP contribution in [0.4, 0.5) is 5.69 Å². The molecule has 6 heteroatoms. The lowest BCUT2D eigenvalue weighted by molar-refractivity contribution is -0.123. The predicted octanol–water partition coefficient (Wildman–Crippen LogP) is 4.90. The van der Waals surface area contributed by atoms with E-state index in [1.54, 1.807) is 42.0 Å². The molecule has 1 spiro atoms. The van der Waals surface area contributed by atoms with Gasteiger partial charge in [0.15, 0.2) is 4.87 Å². The first kappa shape index (κ1) is 21.6. The van der Waals surface area contributed by atoms with Gasteiger partial charge in [0.05, 0.1) is 19.3 Å². The van der Waals surface area contributed by atoms with Crippen LogP contribution < -0.4 is 9.64 Å². The molecule has 0 radical (unpaired) electrons. The summed E-state index contributed by atoms with van der Waals surface area (Å²) in [4.78, 5) is 30.4. The molecular weight excluding hydrogens is 432 g/mol. The number of thioether (sulfide) groups is 1. The fourth-order valence-corrected chi connectivity index (χ4v) is 6.24. The molecule has 0 aliphatic carbocycles. The van der Waals surface area contributed by atoms with Gasteiger partial charge in [-0.05, 0) is 43.7 Å². The quantitative estimate of drug-likeness (QED) is 0.558. The average molecular weight is 459 g/mol. The number of aryl methyl sites for hydroxylation is 2. The minimum absolute atomic E-state index is 0.0525. The number of nitrogens with zero attached hydrogens (tertiary/aromatic N) is 2. The number of rotatable bonds is 4. The number of fused-ring (bicyclic) bond motifs is 2. The maximum absolute atomic E-state index is 14.1. The monoisotopic (exact) mass is 458 g/mol. The Kier molecular flexibility index (Phi) is 5.41. The molecule has 1 fully saturated rings. The molecule has 1 saturated heterocycles. The first-order valence-electron chi connectivity index (χ1n) is 11.0. The summed E-state index contributed by atoms with van der Waals surface area (Å²) in [7, 11) is 1.58. The summed E-state index contributed by atoms with van der Waals surface area (Å²) in [5, 5.41) is 0. The van der Waals surface area contributed by atoms with E-state index < -0.39 is 4.87 Å². The van der Waals surface area contributed by atoms with Crippen LogP contribution >= 0.6 is 11.8 Å². The van der Waals surface area contributed by atoms with Crippen LogP contribution in [-0.4, -0.2) is 36.1 Å². The van der Waals surface area contributed by atoms with Gasteiger partial charge in [-0.1, -0.05) is 53.6 Å². The Morgan fingerprint density at radius 3 is 2.61 bits per heavy atom. The van der Waals surface area contributed by atoms with Crippen molar-refractivity contribution in [1.82, 2.24) is 4.90 Å². The van der Waals surface area contributed by atoms with Crippen molar-refractivity contribution in [2.45, 2.75) is 25.3 Å². The second kappa shape index (κ2) is 8.27. The fourth-order valence-electron chi connectivity index (χ4n) is 4.79. The normalized spacial score (nSPS) is 19.3. The van der Waals surface area contributed by atoms with Crippen LogP contribution in [0.1, 0.15) is 32.6 Å². The molecule has 3 aromatic rings. The van der Waals surface area contributed by atoms with Gasteiger partial charge in [0, 0.05) is 23.4 Å². The van der Waals surface area contributed by atoms with E-state index in [9.17, 15) is 9.59 Å². The molecule has 0 bridgehead atoms. The third-order valence-corrected chi connectivity index (χ3v) is 7.75. The molecule has 0 saturated carbocycles. The first-order chi connectivity index (χ1) is 15.9. The maximum atomic E-state index is 14.1. The van der Waals surface area contributed by atoms with Gasteiger partial charge < -0.3 is 14.5 Å². The number of benzene rings is 3. The summed E-state index contributed by atoms with van der Waals surface area (Å²) in [5.41, 5.74) is 5.60. The zero-order valence-corrected chi connectivity index (χ0v) is 19.8. The molecule has 2 heterocycles. The Bertz CT molecular complexity index is 1260. The highest BCUT2D eigenvalue weighted by atomic mass is 32.2. The highest BCUT2D eigenvalue weighted by Gasteiger charge is 2.59. The van der Waals surface area contributed by atoms with Crippen molar-refractivity contribution in [2.24, 2.45) is 0 Å². The largest absolute Gasteiger partial charge is 0.497 e. The zero-order valence-electron chi connectivity index (χ0n) is 19.0. The predicted molar refractivity (Wildman–Crippen MR) is 132 cm³/mol. The van der Waals surface area contributed by atoms with Gasteiger partial charge in [0.25, 0.3) is 11.8 Å². The van der Waals surface area contributed by atoms with E-state index in [-0.39, 0.29) is 11.8 Å². The number of amides is 2. The minimum atomic E-state index is -1.05. The average Bonchev–Trinajstić information content (AvgIpc) is 3.36. The van der Waals surface area contributed by atoms with Gasteiger partial charge in [-0.3, -0.25) is 9.59 Å². The van der Waals surface area contributed by atoms with Crippen molar-refractivity contribution < 1.29 is 14.3 Å². The molecule has 33 heavy (non-hydrogen) atoms. The van der Waals surface area contributed by atoms with E-state index in [2.05, 4.69) is 25.1 Å².